The van der Waals surface area contributed by atoms with Crippen LogP contribution in [0.4, 0.5) is 13.2 Å². The second-order valence-electron chi connectivity index (χ2n) is 8.61. The first-order valence-electron chi connectivity index (χ1n) is 10.9. The van der Waals surface area contributed by atoms with E-state index >= 15 is 0 Å². The first-order valence-corrected chi connectivity index (χ1v) is 11.7. The number of aromatic nitrogens is 1. The Kier molecular flexibility index (Phi) is 10.2. The largest absolute Gasteiger partial charge is 0.477 e. The van der Waals surface area contributed by atoms with Crippen LogP contribution in [0.5, 0.6) is 5.88 Å². The van der Waals surface area contributed by atoms with Gasteiger partial charge in [-0.2, -0.15) is 8.78 Å². The number of ether oxygens (including phenoxy) is 1. The number of carboxylic acid groups (broad SMARTS) is 1. The van der Waals surface area contributed by atoms with Gasteiger partial charge in [-0.25, -0.2) is 18.5 Å². The molecule has 0 aromatic carbocycles. The van der Waals surface area contributed by atoms with Gasteiger partial charge < -0.3 is 20.9 Å². The number of carboxylic acids is 1. The van der Waals surface area contributed by atoms with Crippen LogP contribution in [0, 0.1) is 5.41 Å². The molecule has 0 spiro atoms. The second kappa shape index (κ2) is 12.4. The van der Waals surface area contributed by atoms with Gasteiger partial charge in [-0.3, -0.25) is 4.79 Å². The Bertz CT molecular complexity index is 853. The molecule has 1 aromatic rings. The number of alkyl halides is 2. The van der Waals surface area contributed by atoms with Crippen molar-refractivity contribution in [2.24, 2.45) is 11.1 Å². The lowest BCUT2D eigenvalue weighted by Crippen LogP contribution is -2.46. The monoisotopic (exact) mass is 504 g/mol. The van der Waals surface area contributed by atoms with Crippen molar-refractivity contribution >= 4 is 23.8 Å². The molecule has 0 radical (unpaired) electrons. The van der Waals surface area contributed by atoms with Crippen LogP contribution in [0.15, 0.2) is 35.1 Å². The third-order valence-electron chi connectivity index (χ3n) is 5.43. The lowest BCUT2D eigenvalue weighted by molar-refractivity contribution is -0.161. The first kappa shape index (κ1) is 27.9. The first-order chi connectivity index (χ1) is 16.0. The Morgan fingerprint density at radius 3 is 2.44 bits per heavy atom. The molecule has 1 aliphatic heterocycles. The van der Waals surface area contributed by atoms with E-state index < -0.39 is 11.9 Å². The van der Waals surface area contributed by atoms with E-state index in [1.807, 2.05) is 6.07 Å². The average Bonchev–Trinajstić information content (AvgIpc) is 3.61. The zero-order valence-electron chi connectivity index (χ0n) is 19.2. The van der Waals surface area contributed by atoms with Crippen LogP contribution >= 0.6 is 11.9 Å². The summed E-state index contributed by atoms with van der Waals surface area (Å²) in [4.78, 5) is 27.0. The maximum atomic E-state index is 12.5. The van der Waals surface area contributed by atoms with Crippen LogP contribution in [-0.2, 0) is 9.59 Å². The number of carbonyl (C=O) groups is 2. The summed E-state index contributed by atoms with van der Waals surface area (Å²) in [5, 5.41) is 10.6. The summed E-state index contributed by atoms with van der Waals surface area (Å²) in [6.45, 7) is 4.34. The van der Waals surface area contributed by atoms with Crippen LogP contribution in [0.25, 0.3) is 0 Å². The highest BCUT2D eigenvalue weighted by Crippen LogP contribution is 2.36. The number of carbonyl (C=O) groups excluding carboxylic acids is 1. The predicted molar refractivity (Wildman–Crippen MR) is 122 cm³/mol. The van der Waals surface area contributed by atoms with E-state index in [0.717, 1.165) is 43.7 Å². The summed E-state index contributed by atoms with van der Waals surface area (Å²) in [5.41, 5.74) is 5.52. The Balaban J connectivity index is 0.000000509. The molecule has 12 heteroatoms. The molecule has 1 saturated heterocycles. The topological polar surface area (TPSA) is 118 Å². The summed E-state index contributed by atoms with van der Waals surface area (Å²) in [5.74, 6) is -5.03. The molecular weight excluding hydrogens is 473 g/mol. The van der Waals surface area contributed by atoms with Crippen molar-refractivity contribution in [3.63, 3.8) is 0 Å². The number of halogens is 3. The summed E-state index contributed by atoms with van der Waals surface area (Å²) >= 11 is 1.64. The Labute approximate surface area is 201 Å². The third kappa shape index (κ3) is 9.15. The maximum Gasteiger partial charge on any atom is 0.374 e. The number of nitrogens with one attached hydrogen (secondary N) is 1. The van der Waals surface area contributed by atoms with Crippen molar-refractivity contribution in [2.45, 2.75) is 56.4 Å². The highest BCUT2D eigenvalue weighted by Gasteiger charge is 2.39. The number of rotatable bonds is 9. The van der Waals surface area contributed by atoms with Crippen molar-refractivity contribution in [3.05, 3.63) is 30.2 Å². The predicted octanol–water partition coefficient (Wildman–Crippen LogP) is 3.39. The summed E-state index contributed by atoms with van der Waals surface area (Å²) in [6, 6.07) is 4.11. The van der Waals surface area contributed by atoms with Crippen molar-refractivity contribution in [1.29, 1.82) is 0 Å². The van der Waals surface area contributed by atoms with Gasteiger partial charge >= 0.3 is 11.9 Å². The SMILES string of the molecule is CC(F)(F)C(=O)O.CC1(C(=O)NC2CC2)CCN(Sc2ccc(OC/C(=C\F)CN)nc2)CC1. The molecule has 1 amide bonds. The van der Waals surface area contributed by atoms with Gasteiger partial charge in [0.2, 0.25) is 11.8 Å². The van der Waals surface area contributed by atoms with E-state index in [2.05, 4.69) is 21.5 Å². The fourth-order valence-electron chi connectivity index (χ4n) is 2.84. The summed E-state index contributed by atoms with van der Waals surface area (Å²) in [6.07, 6.45) is 6.16. The average molecular weight is 505 g/mol. The number of nitrogens with two attached hydrogens (primary N) is 1. The Hall–Kier alpha value is -2.31. The van der Waals surface area contributed by atoms with Crippen molar-refractivity contribution < 1.29 is 32.6 Å². The lowest BCUT2D eigenvalue weighted by atomic mass is 9.80. The highest BCUT2D eigenvalue weighted by molar-refractivity contribution is 7.97. The van der Waals surface area contributed by atoms with E-state index in [0.29, 0.717) is 30.7 Å². The van der Waals surface area contributed by atoms with Crippen LogP contribution in [0.3, 0.4) is 0 Å². The number of hydrogen-bond acceptors (Lipinski definition) is 7. The van der Waals surface area contributed by atoms with Crippen molar-refractivity contribution in [2.75, 3.05) is 26.2 Å². The molecule has 1 saturated carbocycles. The minimum absolute atomic E-state index is 0.0973. The molecule has 1 aliphatic carbocycles. The maximum absolute atomic E-state index is 12.5. The van der Waals surface area contributed by atoms with Gasteiger partial charge in [0.05, 0.1) is 6.33 Å². The zero-order chi connectivity index (χ0) is 25.4. The van der Waals surface area contributed by atoms with Crippen LogP contribution in [0.2, 0.25) is 0 Å². The standard InChI is InChI=1S/C19H27FN4O2S.C3H4F2O2/c1-19(18(25)23-15-2-3-15)6-8-24(9-7-19)27-16-4-5-17(22-12-16)26-13-14(10-20)11-21;1-3(4,5)2(6)7/h4-5,10,12,15H,2-3,6-9,11,13,21H2,1H3,(H,23,25);1H3,(H,6,7)/b14-10-;. The molecular formula is C22H31F3N4O4S. The van der Waals surface area contributed by atoms with Gasteiger partial charge in [0.25, 0.3) is 0 Å². The molecule has 0 atom stereocenters. The fraction of sp³-hybridized carbons (Fsp3) is 0.591. The molecule has 3 rings (SSSR count). The van der Waals surface area contributed by atoms with Crippen LogP contribution in [0.1, 0.15) is 39.5 Å². The van der Waals surface area contributed by atoms with Gasteiger partial charge in [0.1, 0.15) is 6.61 Å². The molecule has 2 fully saturated rings. The van der Waals surface area contributed by atoms with Gasteiger partial charge in [-0.15, -0.1) is 0 Å². The Morgan fingerprint density at radius 1 is 1.38 bits per heavy atom. The van der Waals surface area contributed by atoms with Crippen LogP contribution in [-0.4, -0.2) is 64.5 Å². The number of aliphatic carboxylic acids is 1. The molecule has 0 unspecified atom stereocenters. The van der Waals surface area contributed by atoms with Gasteiger partial charge in [-0.05, 0) is 43.7 Å². The molecule has 1 aromatic heterocycles. The van der Waals surface area contributed by atoms with E-state index in [1.54, 1.807) is 24.2 Å². The Morgan fingerprint density at radius 2 is 2.00 bits per heavy atom. The third-order valence-corrected chi connectivity index (χ3v) is 6.50. The zero-order valence-corrected chi connectivity index (χ0v) is 20.0. The number of amides is 1. The molecule has 4 N–H and O–H groups in total. The lowest BCUT2D eigenvalue weighted by Gasteiger charge is -2.37. The van der Waals surface area contributed by atoms with E-state index in [1.165, 1.54) is 0 Å². The van der Waals surface area contributed by atoms with E-state index in [-0.39, 0.29) is 24.5 Å². The van der Waals surface area contributed by atoms with Gasteiger partial charge in [-0.1, -0.05) is 6.92 Å². The number of pyridine rings is 1. The smallest absolute Gasteiger partial charge is 0.374 e. The number of nitrogens with zero attached hydrogens (tertiary/aromatic N) is 2. The molecule has 2 heterocycles. The molecule has 0 bridgehead atoms. The summed E-state index contributed by atoms with van der Waals surface area (Å²) < 4.78 is 42.7. The quantitative estimate of drug-likeness (QED) is 0.438. The minimum Gasteiger partial charge on any atom is -0.477 e. The van der Waals surface area contributed by atoms with Gasteiger partial charge in [0, 0.05) is 60.7 Å². The number of piperidine rings is 1. The van der Waals surface area contributed by atoms with E-state index in [4.69, 9.17) is 15.6 Å². The van der Waals surface area contributed by atoms with Crippen LogP contribution < -0.4 is 15.8 Å². The summed E-state index contributed by atoms with van der Waals surface area (Å²) in [7, 11) is 0. The second-order valence-corrected chi connectivity index (χ2v) is 9.78. The number of hydrogen-bond donors (Lipinski definition) is 3. The highest BCUT2D eigenvalue weighted by atomic mass is 32.2. The normalized spacial score (nSPS) is 18.5. The molecule has 2 aliphatic rings. The van der Waals surface area contributed by atoms with Crippen molar-refractivity contribution in [3.8, 4) is 5.88 Å². The van der Waals surface area contributed by atoms with E-state index in [9.17, 15) is 22.8 Å². The molecule has 34 heavy (non-hydrogen) atoms. The molecule has 8 nitrogen and oxygen atoms in total. The van der Waals surface area contributed by atoms with Gasteiger partial charge in [0.15, 0.2) is 0 Å². The minimum atomic E-state index is -3.58. The fourth-order valence-corrected chi connectivity index (χ4v) is 3.73. The van der Waals surface area contributed by atoms with Crippen molar-refractivity contribution in [1.82, 2.24) is 14.6 Å². The molecule has 190 valence electrons.